The predicted molar refractivity (Wildman–Crippen MR) is 79.1 cm³/mol. The SMILES string of the molecule is CCNC(c1cc(Cl)c(Br)cc1F)C1(C)CCCO1. The van der Waals surface area contributed by atoms with Gasteiger partial charge in [-0.15, -0.1) is 0 Å². The van der Waals surface area contributed by atoms with Crippen LogP contribution in [0.5, 0.6) is 0 Å². The smallest absolute Gasteiger partial charge is 0.129 e. The summed E-state index contributed by atoms with van der Waals surface area (Å²) in [5.74, 6) is -0.265. The van der Waals surface area contributed by atoms with E-state index in [2.05, 4.69) is 21.2 Å². The van der Waals surface area contributed by atoms with Crippen molar-refractivity contribution >= 4 is 27.5 Å². The molecular formula is C14H18BrClFNO. The van der Waals surface area contributed by atoms with Gasteiger partial charge in [0.05, 0.1) is 16.7 Å². The first-order valence-corrected chi connectivity index (χ1v) is 7.67. The third kappa shape index (κ3) is 3.13. The molecule has 2 atom stereocenters. The van der Waals surface area contributed by atoms with Crippen LogP contribution in [0.15, 0.2) is 16.6 Å². The average molecular weight is 351 g/mol. The van der Waals surface area contributed by atoms with Crippen LogP contribution < -0.4 is 5.32 Å². The molecule has 1 N–H and O–H groups in total. The summed E-state index contributed by atoms with van der Waals surface area (Å²) in [6, 6.07) is 2.91. The zero-order valence-electron chi connectivity index (χ0n) is 11.1. The quantitative estimate of drug-likeness (QED) is 0.809. The van der Waals surface area contributed by atoms with E-state index in [1.807, 2.05) is 13.8 Å². The number of likely N-dealkylation sites (N-methyl/N-ethyl adjacent to an activating group) is 1. The zero-order valence-corrected chi connectivity index (χ0v) is 13.4. The van der Waals surface area contributed by atoms with E-state index in [9.17, 15) is 4.39 Å². The van der Waals surface area contributed by atoms with Gasteiger partial charge in [-0.25, -0.2) is 4.39 Å². The molecule has 19 heavy (non-hydrogen) atoms. The van der Waals surface area contributed by atoms with Gasteiger partial charge in [0, 0.05) is 16.6 Å². The van der Waals surface area contributed by atoms with E-state index in [1.54, 1.807) is 6.07 Å². The van der Waals surface area contributed by atoms with E-state index >= 15 is 0 Å². The molecule has 0 bridgehead atoms. The van der Waals surface area contributed by atoms with Crippen LogP contribution in [0.1, 0.15) is 38.3 Å². The summed E-state index contributed by atoms with van der Waals surface area (Å²) in [5, 5.41) is 3.84. The lowest BCUT2D eigenvalue weighted by atomic mass is 9.87. The summed E-state index contributed by atoms with van der Waals surface area (Å²) >= 11 is 9.34. The molecule has 0 aliphatic carbocycles. The fraction of sp³-hybridized carbons (Fsp3) is 0.571. The largest absolute Gasteiger partial charge is 0.373 e. The highest BCUT2D eigenvalue weighted by Crippen LogP contribution is 2.40. The summed E-state index contributed by atoms with van der Waals surface area (Å²) in [5.41, 5.74) is 0.188. The van der Waals surface area contributed by atoms with E-state index in [0.29, 0.717) is 15.1 Å². The Morgan fingerprint density at radius 3 is 2.89 bits per heavy atom. The number of hydrogen-bond acceptors (Lipinski definition) is 2. The minimum atomic E-state index is -0.381. The van der Waals surface area contributed by atoms with Crippen molar-refractivity contribution in [3.8, 4) is 0 Å². The van der Waals surface area contributed by atoms with E-state index < -0.39 is 0 Å². The second-order valence-electron chi connectivity index (χ2n) is 5.04. The van der Waals surface area contributed by atoms with Gasteiger partial charge in [0.15, 0.2) is 0 Å². The molecule has 1 aromatic rings. The molecule has 2 nitrogen and oxygen atoms in total. The van der Waals surface area contributed by atoms with Crippen molar-refractivity contribution in [3.05, 3.63) is 33.0 Å². The van der Waals surface area contributed by atoms with Gasteiger partial charge in [0.1, 0.15) is 5.82 Å². The maximum atomic E-state index is 14.2. The molecule has 0 aromatic heterocycles. The number of rotatable bonds is 4. The van der Waals surface area contributed by atoms with Crippen LogP contribution in [0.2, 0.25) is 5.02 Å². The highest BCUT2D eigenvalue weighted by Gasteiger charge is 2.40. The lowest BCUT2D eigenvalue weighted by Crippen LogP contribution is -2.41. The maximum absolute atomic E-state index is 14.2. The predicted octanol–water partition coefficient (Wildman–Crippen LogP) is 4.46. The molecule has 5 heteroatoms. The standard InChI is InChI=1S/C14H18BrClFNO/c1-3-18-13(14(2)5-4-6-19-14)9-7-11(16)10(15)8-12(9)17/h7-8,13,18H,3-6H2,1-2H3. The number of halogens is 3. The highest BCUT2D eigenvalue weighted by molar-refractivity contribution is 9.10. The molecule has 0 radical (unpaired) electrons. The van der Waals surface area contributed by atoms with E-state index in [1.165, 1.54) is 6.07 Å². The van der Waals surface area contributed by atoms with Crippen molar-refractivity contribution < 1.29 is 9.13 Å². The maximum Gasteiger partial charge on any atom is 0.129 e. The molecule has 2 unspecified atom stereocenters. The van der Waals surface area contributed by atoms with Gasteiger partial charge in [-0.05, 0) is 54.4 Å². The Morgan fingerprint density at radius 2 is 2.32 bits per heavy atom. The number of benzene rings is 1. The minimum Gasteiger partial charge on any atom is -0.373 e. The minimum absolute atomic E-state index is 0.189. The van der Waals surface area contributed by atoms with Gasteiger partial charge in [-0.3, -0.25) is 0 Å². The summed E-state index contributed by atoms with van der Waals surface area (Å²) < 4.78 is 20.7. The highest BCUT2D eigenvalue weighted by atomic mass is 79.9. The Morgan fingerprint density at radius 1 is 1.58 bits per heavy atom. The number of ether oxygens (including phenoxy) is 1. The van der Waals surface area contributed by atoms with Crippen LogP contribution in [0.25, 0.3) is 0 Å². The number of hydrogen-bond donors (Lipinski definition) is 1. The summed E-state index contributed by atoms with van der Waals surface area (Å²) in [4.78, 5) is 0. The van der Waals surface area contributed by atoms with Gasteiger partial charge in [0.25, 0.3) is 0 Å². The van der Waals surface area contributed by atoms with E-state index in [4.69, 9.17) is 16.3 Å². The van der Waals surface area contributed by atoms with Crippen LogP contribution in [0.4, 0.5) is 4.39 Å². The normalized spacial score (nSPS) is 24.7. The van der Waals surface area contributed by atoms with E-state index in [-0.39, 0.29) is 17.5 Å². The van der Waals surface area contributed by atoms with Gasteiger partial charge in [0.2, 0.25) is 0 Å². The van der Waals surface area contributed by atoms with E-state index in [0.717, 1.165) is 26.0 Å². The van der Waals surface area contributed by atoms with Crippen molar-refractivity contribution in [2.45, 2.75) is 38.3 Å². The molecule has 1 aromatic carbocycles. The Kier molecular flexibility index (Phi) is 4.88. The molecule has 1 aliphatic rings. The van der Waals surface area contributed by atoms with Crippen LogP contribution in [0, 0.1) is 5.82 Å². The van der Waals surface area contributed by atoms with Gasteiger partial charge in [-0.1, -0.05) is 18.5 Å². The summed E-state index contributed by atoms with van der Waals surface area (Å²) in [7, 11) is 0. The zero-order chi connectivity index (χ0) is 14.0. The molecule has 0 amide bonds. The molecule has 106 valence electrons. The fourth-order valence-electron chi connectivity index (χ4n) is 2.65. The molecule has 1 saturated heterocycles. The molecule has 1 fully saturated rings. The van der Waals surface area contributed by atoms with Crippen molar-refractivity contribution in [1.29, 1.82) is 0 Å². The Bertz CT molecular complexity index is 463. The second-order valence-corrected chi connectivity index (χ2v) is 6.30. The molecule has 0 saturated carbocycles. The van der Waals surface area contributed by atoms with Crippen molar-refractivity contribution in [2.75, 3.05) is 13.2 Å². The molecule has 1 heterocycles. The lowest BCUT2D eigenvalue weighted by molar-refractivity contribution is -0.0130. The van der Waals surface area contributed by atoms with Gasteiger partial charge < -0.3 is 10.1 Å². The first-order valence-electron chi connectivity index (χ1n) is 6.49. The molecular weight excluding hydrogens is 333 g/mol. The average Bonchev–Trinajstić information content (AvgIpc) is 2.79. The molecule has 1 aliphatic heterocycles. The van der Waals surface area contributed by atoms with Crippen LogP contribution in [0.3, 0.4) is 0 Å². The van der Waals surface area contributed by atoms with Crippen LogP contribution in [-0.2, 0) is 4.74 Å². The van der Waals surface area contributed by atoms with Gasteiger partial charge >= 0.3 is 0 Å². The molecule has 0 spiro atoms. The lowest BCUT2D eigenvalue weighted by Gasteiger charge is -2.34. The Balaban J connectivity index is 2.41. The van der Waals surface area contributed by atoms with Crippen molar-refractivity contribution in [3.63, 3.8) is 0 Å². The third-order valence-electron chi connectivity index (χ3n) is 3.62. The summed E-state index contributed by atoms with van der Waals surface area (Å²) in [6.45, 7) is 5.51. The van der Waals surface area contributed by atoms with Crippen LogP contribution >= 0.6 is 27.5 Å². The second kappa shape index (κ2) is 6.08. The summed E-state index contributed by atoms with van der Waals surface area (Å²) in [6.07, 6.45) is 1.92. The monoisotopic (exact) mass is 349 g/mol. The topological polar surface area (TPSA) is 21.3 Å². The van der Waals surface area contributed by atoms with Crippen molar-refractivity contribution in [2.24, 2.45) is 0 Å². The Labute approximate surface area is 126 Å². The Hall–Kier alpha value is -0.160. The molecule has 2 rings (SSSR count). The number of nitrogens with one attached hydrogen (secondary N) is 1. The first-order chi connectivity index (χ1) is 8.98. The van der Waals surface area contributed by atoms with Crippen molar-refractivity contribution in [1.82, 2.24) is 5.32 Å². The fourth-order valence-corrected chi connectivity index (χ4v) is 3.13. The first kappa shape index (κ1) is 15.2. The third-order valence-corrected chi connectivity index (χ3v) is 4.82. The van der Waals surface area contributed by atoms with Gasteiger partial charge in [-0.2, -0.15) is 0 Å². The van der Waals surface area contributed by atoms with Crippen LogP contribution in [-0.4, -0.2) is 18.8 Å².